The molecule has 18 heavy (non-hydrogen) atoms. The molecule has 0 saturated heterocycles. The van der Waals surface area contributed by atoms with E-state index in [0.717, 1.165) is 5.69 Å². The zero-order valence-electron chi connectivity index (χ0n) is 9.89. The Morgan fingerprint density at radius 2 is 2.28 bits per heavy atom. The SMILES string of the molecule is O=c1cc(CNC2CC2)nc(-c2ccccn2)[nH]1. The largest absolute Gasteiger partial charge is 0.308 e. The molecule has 0 bridgehead atoms. The van der Waals surface area contributed by atoms with E-state index in [1.165, 1.54) is 18.9 Å². The molecule has 2 aromatic rings. The third-order valence-electron chi connectivity index (χ3n) is 2.85. The van der Waals surface area contributed by atoms with Crippen LogP contribution in [0.4, 0.5) is 0 Å². The molecule has 92 valence electrons. The molecule has 0 radical (unpaired) electrons. The van der Waals surface area contributed by atoms with Crippen molar-refractivity contribution in [2.24, 2.45) is 0 Å². The van der Waals surface area contributed by atoms with Crippen LogP contribution in [0.15, 0.2) is 35.3 Å². The van der Waals surface area contributed by atoms with Crippen LogP contribution in [0.25, 0.3) is 11.5 Å². The molecular weight excluding hydrogens is 228 g/mol. The van der Waals surface area contributed by atoms with Gasteiger partial charge in [0.1, 0.15) is 5.69 Å². The number of pyridine rings is 1. The first-order valence-electron chi connectivity index (χ1n) is 6.06. The molecule has 2 N–H and O–H groups in total. The highest BCUT2D eigenvalue weighted by Crippen LogP contribution is 2.19. The van der Waals surface area contributed by atoms with Crippen molar-refractivity contribution in [2.45, 2.75) is 25.4 Å². The van der Waals surface area contributed by atoms with Gasteiger partial charge in [0.15, 0.2) is 5.82 Å². The Balaban J connectivity index is 1.87. The minimum atomic E-state index is -0.141. The van der Waals surface area contributed by atoms with Gasteiger partial charge in [0.2, 0.25) is 0 Å². The molecule has 1 aliphatic rings. The van der Waals surface area contributed by atoms with Crippen LogP contribution in [0.3, 0.4) is 0 Å². The fourth-order valence-corrected chi connectivity index (χ4v) is 1.76. The van der Waals surface area contributed by atoms with E-state index in [2.05, 4.69) is 20.3 Å². The predicted octanol–water partition coefficient (Wildman–Crippen LogP) is 1.08. The van der Waals surface area contributed by atoms with Crippen molar-refractivity contribution in [1.82, 2.24) is 20.3 Å². The molecule has 5 nitrogen and oxygen atoms in total. The normalized spacial score (nSPS) is 14.7. The van der Waals surface area contributed by atoms with Gasteiger partial charge in [-0.2, -0.15) is 0 Å². The van der Waals surface area contributed by atoms with E-state index in [9.17, 15) is 4.79 Å². The van der Waals surface area contributed by atoms with Gasteiger partial charge < -0.3 is 10.3 Å². The second-order valence-electron chi connectivity index (χ2n) is 4.46. The van der Waals surface area contributed by atoms with Crippen LogP contribution in [0, 0.1) is 0 Å². The van der Waals surface area contributed by atoms with Gasteiger partial charge in [-0.1, -0.05) is 6.07 Å². The molecule has 0 spiro atoms. The molecule has 0 aliphatic heterocycles. The molecular formula is C13H14N4O. The number of H-pyrrole nitrogens is 1. The number of nitrogens with zero attached hydrogens (tertiary/aromatic N) is 2. The minimum absolute atomic E-state index is 0.141. The minimum Gasteiger partial charge on any atom is -0.308 e. The summed E-state index contributed by atoms with van der Waals surface area (Å²) in [5.41, 5.74) is 1.30. The summed E-state index contributed by atoms with van der Waals surface area (Å²) in [6.45, 7) is 0.633. The van der Waals surface area contributed by atoms with Crippen LogP contribution in [0.1, 0.15) is 18.5 Å². The van der Waals surface area contributed by atoms with Crippen molar-refractivity contribution >= 4 is 0 Å². The number of aromatic nitrogens is 3. The second-order valence-corrected chi connectivity index (χ2v) is 4.46. The number of hydrogen-bond acceptors (Lipinski definition) is 4. The molecule has 1 aliphatic carbocycles. The van der Waals surface area contributed by atoms with E-state index in [-0.39, 0.29) is 5.56 Å². The summed E-state index contributed by atoms with van der Waals surface area (Å²) in [5, 5.41) is 3.34. The topological polar surface area (TPSA) is 70.7 Å². The first-order chi connectivity index (χ1) is 8.81. The maximum absolute atomic E-state index is 11.6. The lowest BCUT2D eigenvalue weighted by atomic mass is 10.3. The van der Waals surface area contributed by atoms with Crippen molar-refractivity contribution in [3.05, 3.63) is 46.5 Å². The van der Waals surface area contributed by atoms with E-state index < -0.39 is 0 Å². The van der Waals surface area contributed by atoms with Gasteiger partial charge in [0, 0.05) is 24.8 Å². The average Bonchev–Trinajstić information content (AvgIpc) is 3.21. The van der Waals surface area contributed by atoms with E-state index in [0.29, 0.717) is 24.1 Å². The van der Waals surface area contributed by atoms with Gasteiger partial charge in [-0.15, -0.1) is 0 Å². The van der Waals surface area contributed by atoms with Gasteiger partial charge in [0.25, 0.3) is 5.56 Å². The Bertz CT molecular complexity index is 589. The number of rotatable bonds is 4. The maximum atomic E-state index is 11.6. The Morgan fingerprint density at radius 3 is 3.00 bits per heavy atom. The van der Waals surface area contributed by atoms with Gasteiger partial charge in [-0.3, -0.25) is 9.78 Å². The van der Waals surface area contributed by atoms with Gasteiger partial charge in [-0.05, 0) is 25.0 Å². The first kappa shape index (κ1) is 11.1. The van der Waals surface area contributed by atoms with Gasteiger partial charge >= 0.3 is 0 Å². The highest BCUT2D eigenvalue weighted by molar-refractivity contribution is 5.47. The molecule has 3 rings (SSSR count). The van der Waals surface area contributed by atoms with E-state index >= 15 is 0 Å². The number of nitrogens with one attached hydrogen (secondary N) is 2. The molecule has 2 heterocycles. The van der Waals surface area contributed by atoms with Crippen molar-refractivity contribution < 1.29 is 0 Å². The lowest BCUT2D eigenvalue weighted by Crippen LogP contribution is -2.19. The number of aromatic amines is 1. The van der Waals surface area contributed by atoms with E-state index in [1.807, 2.05) is 18.2 Å². The predicted molar refractivity (Wildman–Crippen MR) is 68.0 cm³/mol. The monoisotopic (exact) mass is 242 g/mol. The quantitative estimate of drug-likeness (QED) is 0.841. The summed E-state index contributed by atoms with van der Waals surface area (Å²) in [6.07, 6.45) is 4.12. The Labute approximate surface area is 104 Å². The third kappa shape index (κ3) is 2.62. The molecule has 0 unspecified atom stereocenters. The van der Waals surface area contributed by atoms with E-state index in [1.54, 1.807) is 6.20 Å². The molecule has 2 aromatic heterocycles. The second kappa shape index (κ2) is 4.70. The fourth-order valence-electron chi connectivity index (χ4n) is 1.76. The molecule has 5 heteroatoms. The summed E-state index contributed by atoms with van der Waals surface area (Å²) in [4.78, 5) is 22.9. The average molecular weight is 242 g/mol. The summed E-state index contributed by atoms with van der Waals surface area (Å²) in [7, 11) is 0. The zero-order valence-corrected chi connectivity index (χ0v) is 9.89. The first-order valence-corrected chi connectivity index (χ1v) is 6.06. The fraction of sp³-hybridized carbons (Fsp3) is 0.308. The Kier molecular flexibility index (Phi) is 2.90. The summed E-state index contributed by atoms with van der Waals surface area (Å²) >= 11 is 0. The van der Waals surface area contributed by atoms with Crippen LogP contribution in [-0.2, 0) is 6.54 Å². The van der Waals surface area contributed by atoms with Crippen molar-refractivity contribution in [1.29, 1.82) is 0 Å². The zero-order chi connectivity index (χ0) is 12.4. The standard InChI is InChI=1S/C13H14N4O/c18-12-7-10(8-15-9-4-5-9)16-13(17-12)11-3-1-2-6-14-11/h1-3,6-7,9,15H,4-5,8H2,(H,16,17,18). The highest BCUT2D eigenvalue weighted by Gasteiger charge is 2.20. The molecule has 0 aromatic carbocycles. The summed E-state index contributed by atoms with van der Waals surface area (Å²) in [5.74, 6) is 0.524. The lowest BCUT2D eigenvalue weighted by Gasteiger charge is -2.04. The van der Waals surface area contributed by atoms with Gasteiger partial charge in [0.05, 0.1) is 5.69 Å². The van der Waals surface area contributed by atoms with Crippen molar-refractivity contribution in [2.75, 3.05) is 0 Å². The Morgan fingerprint density at radius 1 is 1.39 bits per heavy atom. The summed E-state index contributed by atoms with van der Waals surface area (Å²) in [6, 6.07) is 7.67. The van der Waals surface area contributed by atoms with Crippen LogP contribution in [0.5, 0.6) is 0 Å². The molecule has 1 fully saturated rings. The molecule has 0 amide bonds. The van der Waals surface area contributed by atoms with Crippen LogP contribution < -0.4 is 10.9 Å². The maximum Gasteiger partial charge on any atom is 0.251 e. The Hall–Kier alpha value is -2.01. The highest BCUT2D eigenvalue weighted by atomic mass is 16.1. The third-order valence-corrected chi connectivity index (χ3v) is 2.85. The van der Waals surface area contributed by atoms with Crippen molar-refractivity contribution in [3.8, 4) is 11.5 Å². The smallest absolute Gasteiger partial charge is 0.251 e. The van der Waals surface area contributed by atoms with Gasteiger partial charge in [-0.25, -0.2) is 4.98 Å². The van der Waals surface area contributed by atoms with Crippen LogP contribution in [-0.4, -0.2) is 21.0 Å². The summed E-state index contributed by atoms with van der Waals surface area (Å²) < 4.78 is 0. The van der Waals surface area contributed by atoms with Crippen LogP contribution in [0.2, 0.25) is 0 Å². The van der Waals surface area contributed by atoms with Crippen LogP contribution >= 0.6 is 0 Å². The number of hydrogen-bond donors (Lipinski definition) is 2. The molecule has 0 atom stereocenters. The lowest BCUT2D eigenvalue weighted by molar-refractivity contribution is 0.672. The van der Waals surface area contributed by atoms with E-state index in [4.69, 9.17) is 0 Å². The molecule has 1 saturated carbocycles. The van der Waals surface area contributed by atoms with Crippen molar-refractivity contribution in [3.63, 3.8) is 0 Å².